The Kier molecular flexibility index (Phi) is 9.97. The van der Waals surface area contributed by atoms with Crippen molar-refractivity contribution in [3.63, 3.8) is 0 Å². The lowest BCUT2D eigenvalue weighted by molar-refractivity contribution is -0.133. The average molecular weight is 608 g/mol. The van der Waals surface area contributed by atoms with Gasteiger partial charge in [-0.05, 0) is 79.8 Å². The van der Waals surface area contributed by atoms with Gasteiger partial charge < -0.3 is 24.9 Å². The SMILES string of the molecule is CC(=O)N1CCC(C(=O)N(CCCN2CC3CN(C(=O)Nc4ccccc4C(C)C)CC3C2)c2ccc(C)c(Cl)c2)CC1. The number of nitrogens with zero attached hydrogens (tertiary/aromatic N) is 4. The molecule has 1 N–H and O–H groups in total. The van der Waals surface area contributed by atoms with Crippen LogP contribution in [0.4, 0.5) is 16.2 Å². The van der Waals surface area contributed by atoms with Crippen molar-refractivity contribution in [1.82, 2.24) is 14.7 Å². The van der Waals surface area contributed by atoms with Crippen LogP contribution in [-0.4, -0.2) is 84.9 Å². The minimum atomic E-state index is -0.0912. The van der Waals surface area contributed by atoms with E-state index in [1.807, 2.05) is 58.0 Å². The number of carbonyl (C=O) groups excluding carboxylic acids is 3. The summed E-state index contributed by atoms with van der Waals surface area (Å²) < 4.78 is 0. The van der Waals surface area contributed by atoms with E-state index in [4.69, 9.17) is 11.6 Å². The number of para-hydroxylation sites is 1. The number of rotatable bonds is 8. The number of benzene rings is 2. The van der Waals surface area contributed by atoms with Crippen LogP contribution in [0.25, 0.3) is 0 Å². The van der Waals surface area contributed by atoms with E-state index in [-0.39, 0.29) is 23.8 Å². The van der Waals surface area contributed by atoms with Gasteiger partial charge in [0, 0.05) is 75.1 Å². The normalized spacial score (nSPS) is 20.9. The van der Waals surface area contributed by atoms with Gasteiger partial charge in [-0.25, -0.2) is 4.79 Å². The van der Waals surface area contributed by atoms with Gasteiger partial charge in [-0.3, -0.25) is 9.59 Å². The van der Waals surface area contributed by atoms with E-state index in [0.29, 0.717) is 55.3 Å². The summed E-state index contributed by atoms with van der Waals surface area (Å²) in [7, 11) is 0. The highest BCUT2D eigenvalue weighted by Gasteiger charge is 2.41. The summed E-state index contributed by atoms with van der Waals surface area (Å²) in [4.78, 5) is 46.9. The van der Waals surface area contributed by atoms with Gasteiger partial charge in [-0.1, -0.05) is 49.7 Å². The highest BCUT2D eigenvalue weighted by atomic mass is 35.5. The monoisotopic (exact) mass is 607 g/mol. The third-order valence-electron chi connectivity index (χ3n) is 9.55. The Bertz CT molecular complexity index is 1310. The van der Waals surface area contributed by atoms with Crippen molar-refractivity contribution in [3.8, 4) is 0 Å². The first-order valence-electron chi connectivity index (χ1n) is 15.8. The molecule has 2 unspecified atom stereocenters. The van der Waals surface area contributed by atoms with Crippen LogP contribution >= 0.6 is 11.6 Å². The van der Waals surface area contributed by atoms with Crippen molar-refractivity contribution in [3.05, 3.63) is 58.6 Å². The Labute approximate surface area is 261 Å². The molecule has 2 atom stereocenters. The van der Waals surface area contributed by atoms with Gasteiger partial charge in [-0.2, -0.15) is 0 Å². The number of amides is 4. The maximum absolute atomic E-state index is 13.8. The molecule has 0 spiro atoms. The van der Waals surface area contributed by atoms with Crippen molar-refractivity contribution in [2.75, 3.05) is 62.6 Å². The van der Waals surface area contributed by atoms with E-state index in [1.165, 1.54) is 0 Å². The zero-order valence-corrected chi connectivity index (χ0v) is 26.8. The molecule has 5 rings (SSSR count). The first kappa shape index (κ1) is 31.3. The fourth-order valence-corrected chi connectivity index (χ4v) is 7.15. The van der Waals surface area contributed by atoms with E-state index in [2.05, 4.69) is 30.1 Å². The zero-order valence-electron chi connectivity index (χ0n) is 26.0. The number of hydrogen-bond acceptors (Lipinski definition) is 4. The second kappa shape index (κ2) is 13.7. The van der Waals surface area contributed by atoms with Crippen molar-refractivity contribution in [2.24, 2.45) is 17.8 Å². The molecule has 3 heterocycles. The van der Waals surface area contributed by atoms with Crippen molar-refractivity contribution in [1.29, 1.82) is 0 Å². The molecular weight excluding hydrogens is 562 g/mol. The number of likely N-dealkylation sites (tertiary alicyclic amines) is 3. The van der Waals surface area contributed by atoms with E-state index < -0.39 is 0 Å². The van der Waals surface area contributed by atoms with Crippen LogP contribution in [0.15, 0.2) is 42.5 Å². The number of fused-ring (bicyclic) bond motifs is 1. The fraction of sp³-hybridized carbons (Fsp3) is 0.559. The van der Waals surface area contributed by atoms with Gasteiger partial charge in [0.1, 0.15) is 0 Å². The van der Waals surface area contributed by atoms with Crippen LogP contribution in [0.2, 0.25) is 5.02 Å². The van der Waals surface area contributed by atoms with Gasteiger partial charge in [0.2, 0.25) is 11.8 Å². The van der Waals surface area contributed by atoms with E-state index in [1.54, 1.807) is 6.92 Å². The van der Waals surface area contributed by atoms with Gasteiger partial charge >= 0.3 is 6.03 Å². The molecule has 3 saturated heterocycles. The topological polar surface area (TPSA) is 76.2 Å². The number of hydrogen-bond donors (Lipinski definition) is 1. The molecule has 43 heavy (non-hydrogen) atoms. The van der Waals surface area contributed by atoms with Crippen molar-refractivity contribution < 1.29 is 14.4 Å². The molecule has 2 aromatic carbocycles. The number of piperidine rings is 1. The van der Waals surface area contributed by atoms with Crippen LogP contribution in [0.3, 0.4) is 0 Å². The molecule has 0 bridgehead atoms. The Morgan fingerprint density at radius 2 is 1.65 bits per heavy atom. The molecule has 232 valence electrons. The van der Waals surface area contributed by atoms with Crippen LogP contribution in [0, 0.1) is 24.7 Å². The molecule has 0 radical (unpaired) electrons. The predicted octanol–water partition coefficient (Wildman–Crippen LogP) is 5.85. The summed E-state index contributed by atoms with van der Waals surface area (Å²) in [5, 5.41) is 3.82. The summed E-state index contributed by atoms with van der Waals surface area (Å²) in [5.41, 5.74) is 3.89. The average Bonchev–Trinajstić information content (AvgIpc) is 3.56. The van der Waals surface area contributed by atoms with Gasteiger partial charge in [-0.15, -0.1) is 0 Å². The first-order valence-corrected chi connectivity index (χ1v) is 16.2. The number of nitrogens with one attached hydrogen (secondary N) is 1. The smallest absolute Gasteiger partial charge is 0.321 e. The lowest BCUT2D eigenvalue weighted by atomic mass is 9.94. The third kappa shape index (κ3) is 7.35. The van der Waals surface area contributed by atoms with E-state index in [9.17, 15) is 14.4 Å². The Morgan fingerprint density at radius 1 is 0.977 bits per heavy atom. The third-order valence-corrected chi connectivity index (χ3v) is 9.96. The molecule has 8 nitrogen and oxygen atoms in total. The molecule has 0 aromatic heterocycles. The summed E-state index contributed by atoms with van der Waals surface area (Å²) in [6, 6.07) is 13.9. The van der Waals surface area contributed by atoms with Crippen LogP contribution in [-0.2, 0) is 9.59 Å². The molecule has 3 fully saturated rings. The summed E-state index contributed by atoms with van der Waals surface area (Å²) in [6.07, 6.45) is 2.24. The second-order valence-corrected chi connectivity index (χ2v) is 13.3. The predicted molar refractivity (Wildman–Crippen MR) is 173 cm³/mol. The van der Waals surface area contributed by atoms with E-state index in [0.717, 1.165) is 61.6 Å². The van der Waals surface area contributed by atoms with Crippen LogP contribution in [0.5, 0.6) is 0 Å². The number of aryl methyl sites for hydroxylation is 1. The van der Waals surface area contributed by atoms with E-state index >= 15 is 0 Å². The van der Waals surface area contributed by atoms with Gasteiger partial charge in [0.15, 0.2) is 0 Å². The zero-order chi connectivity index (χ0) is 30.7. The number of urea groups is 1. The van der Waals surface area contributed by atoms with Gasteiger partial charge in [0.05, 0.1) is 0 Å². The molecule has 3 aliphatic rings. The molecular formula is C34H46ClN5O3. The maximum atomic E-state index is 13.8. The first-order chi connectivity index (χ1) is 20.6. The van der Waals surface area contributed by atoms with Crippen LogP contribution < -0.4 is 10.2 Å². The molecule has 0 saturated carbocycles. The standard InChI is InChI=1S/C34H46ClN5O3/c1-23(2)30-8-5-6-9-32(30)36-34(43)39-21-27-19-37(20-28(27)22-39)14-7-15-40(29-11-10-24(3)31(35)18-29)33(42)26-12-16-38(17-13-26)25(4)41/h5-6,8-11,18,23,26-28H,7,12-17,19-22H2,1-4H3,(H,36,43). The molecule has 4 amide bonds. The summed E-state index contributed by atoms with van der Waals surface area (Å²) >= 11 is 6.47. The minimum Gasteiger partial charge on any atom is -0.343 e. The highest BCUT2D eigenvalue weighted by Crippen LogP contribution is 2.33. The largest absolute Gasteiger partial charge is 0.343 e. The molecule has 3 aliphatic heterocycles. The minimum absolute atomic E-state index is 0.00546. The number of carbonyl (C=O) groups is 3. The maximum Gasteiger partial charge on any atom is 0.321 e. The number of halogens is 1. The summed E-state index contributed by atoms with van der Waals surface area (Å²) in [6.45, 7) is 14.2. The highest BCUT2D eigenvalue weighted by molar-refractivity contribution is 6.31. The van der Waals surface area contributed by atoms with Crippen molar-refractivity contribution in [2.45, 2.75) is 52.9 Å². The quantitative estimate of drug-likeness (QED) is 0.409. The number of anilines is 2. The van der Waals surface area contributed by atoms with Crippen LogP contribution in [0.1, 0.15) is 57.1 Å². The van der Waals surface area contributed by atoms with Gasteiger partial charge in [0.25, 0.3) is 0 Å². The lowest BCUT2D eigenvalue weighted by Crippen LogP contribution is -2.44. The molecule has 9 heteroatoms. The Morgan fingerprint density at radius 3 is 2.28 bits per heavy atom. The fourth-order valence-electron chi connectivity index (χ4n) is 6.98. The molecule has 2 aromatic rings. The lowest BCUT2D eigenvalue weighted by Gasteiger charge is -2.34. The molecule has 0 aliphatic carbocycles. The summed E-state index contributed by atoms with van der Waals surface area (Å²) in [5.74, 6) is 1.41. The Hall–Kier alpha value is -3.10. The second-order valence-electron chi connectivity index (χ2n) is 12.9. The Balaban J connectivity index is 1.14. The van der Waals surface area contributed by atoms with Crippen molar-refractivity contribution >= 4 is 40.8 Å².